The molecule has 0 heterocycles. The third kappa shape index (κ3) is 6.44. The highest BCUT2D eigenvalue weighted by Crippen LogP contribution is 2.44. The molecular formula is C26H30N2O5. The van der Waals surface area contributed by atoms with Gasteiger partial charge < -0.3 is 20.5 Å². The van der Waals surface area contributed by atoms with Crippen molar-refractivity contribution in [1.29, 1.82) is 0 Å². The van der Waals surface area contributed by atoms with Gasteiger partial charge in [-0.3, -0.25) is 4.79 Å². The van der Waals surface area contributed by atoms with Gasteiger partial charge in [0.1, 0.15) is 6.61 Å². The van der Waals surface area contributed by atoms with E-state index in [1.165, 1.54) is 35.3 Å². The fraction of sp³-hybridized carbons (Fsp3) is 0.346. The van der Waals surface area contributed by atoms with Crippen LogP contribution in [0, 0.1) is 5.92 Å². The number of carbonyl (C=O) groups is 3. The monoisotopic (exact) mass is 450 g/mol. The highest BCUT2D eigenvalue weighted by atomic mass is 16.5. The first-order valence-electron chi connectivity index (χ1n) is 11.1. The van der Waals surface area contributed by atoms with Gasteiger partial charge in [-0.1, -0.05) is 61.5 Å². The van der Waals surface area contributed by atoms with E-state index < -0.39 is 12.1 Å². The van der Waals surface area contributed by atoms with Crippen molar-refractivity contribution in [2.24, 2.45) is 5.92 Å². The van der Waals surface area contributed by atoms with Gasteiger partial charge in [-0.15, -0.1) is 0 Å². The number of aliphatic carboxylic acids is 1. The molecule has 2 aromatic rings. The fourth-order valence-corrected chi connectivity index (χ4v) is 3.88. The summed E-state index contributed by atoms with van der Waals surface area (Å²) in [5.74, 6) is -1.05. The summed E-state index contributed by atoms with van der Waals surface area (Å²) >= 11 is 0. The van der Waals surface area contributed by atoms with Crippen molar-refractivity contribution in [1.82, 2.24) is 10.6 Å². The van der Waals surface area contributed by atoms with Crippen LogP contribution < -0.4 is 10.6 Å². The number of hydrogen-bond acceptors (Lipinski definition) is 4. The first kappa shape index (κ1) is 24.0. The van der Waals surface area contributed by atoms with E-state index in [-0.39, 0.29) is 36.5 Å². The number of benzene rings is 2. The average Bonchev–Trinajstić information content (AvgIpc) is 3.13. The van der Waals surface area contributed by atoms with Crippen molar-refractivity contribution in [3.8, 4) is 11.1 Å². The van der Waals surface area contributed by atoms with E-state index in [2.05, 4.69) is 34.9 Å². The van der Waals surface area contributed by atoms with Gasteiger partial charge in [0.05, 0.1) is 0 Å². The second-order valence-electron chi connectivity index (χ2n) is 8.35. The number of hydrogen-bond donors (Lipinski definition) is 3. The van der Waals surface area contributed by atoms with Gasteiger partial charge in [-0.25, -0.2) is 9.59 Å². The molecule has 1 aliphatic rings. The van der Waals surface area contributed by atoms with Crippen LogP contribution in [0.1, 0.15) is 43.7 Å². The third-order valence-corrected chi connectivity index (χ3v) is 5.85. The van der Waals surface area contributed by atoms with Crippen molar-refractivity contribution < 1.29 is 24.2 Å². The van der Waals surface area contributed by atoms with Gasteiger partial charge in [-0.2, -0.15) is 0 Å². The summed E-state index contributed by atoms with van der Waals surface area (Å²) in [6.07, 6.45) is 1.88. The summed E-state index contributed by atoms with van der Waals surface area (Å²) in [7, 11) is 0. The molecule has 0 aromatic heterocycles. The number of carbonyl (C=O) groups excluding carboxylic acids is 2. The second kappa shape index (κ2) is 11.3. The van der Waals surface area contributed by atoms with Crippen molar-refractivity contribution >= 4 is 18.0 Å². The SMILES string of the molecule is C/C(=C\CNC(=O)CCC(C)CNC(=O)OCC1c2ccccc2-c2ccccc21)C(=O)O. The number of fused-ring (bicyclic) bond motifs is 3. The summed E-state index contributed by atoms with van der Waals surface area (Å²) in [4.78, 5) is 34.9. The predicted octanol–water partition coefficient (Wildman–Crippen LogP) is 4.09. The molecule has 2 amide bonds. The number of alkyl carbamates (subject to hydrolysis) is 1. The molecule has 0 fully saturated rings. The molecule has 0 aliphatic heterocycles. The number of carboxylic acids is 1. The molecule has 7 heteroatoms. The first-order chi connectivity index (χ1) is 15.9. The summed E-state index contributed by atoms with van der Waals surface area (Å²) in [6, 6.07) is 16.4. The molecule has 2 aromatic carbocycles. The highest BCUT2D eigenvalue weighted by molar-refractivity contribution is 5.86. The topological polar surface area (TPSA) is 105 Å². The third-order valence-electron chi connectivity index (χ3n) is 5.85. The minimum Gasteiger partial charge on any atom is -0.478 e. The lowest BCUT2D eigenvalue weighted by atomic mass is 9.98. The Morgan fingerprint density at radius 2 is 1.64 bits per heavy atom. The Balaban J connectivity index is 1.39. The first-order valence-corrected chi connectivity index (χ1v) is 11.1. The van der Waals surface area contributed by atoms with E-state index in [4.69, 9.17) is 9.84 Å². The molecule has 7 nitrogen and oxygen atoms in total. The Hall–Kier alpha value is -3.61. The van der Waals surface area contributed by atoms with Crippen molar-refractivity contribution in [3.05, 3.63) is 71.3 Å². The quantitative estimate of drug-likeness (QED) is 0.473. The number of carboxylic acid groups (broad SMARTS) is 1. The lowest BCUT2D eigenvalue weighted by Gasteiger charge is -2.16. The van der Waals surface area contributed by atoms with Crippen molar-refractivity contribution in [3.63, 3.8) is 0 Å². The molecule has 3 rings (SSSR count). The number of nitrogens with one attached hydrogen (secondary N) is 2. The van der Waals surface area contributed by atoms with Crippen LogP contribution >= 0.6 is 0 Å². The van der Waals surface area contributed by atoms with Crippen molar-refractivity contribution in [2.75, 3.05) is 19.7 Å². The zero-order valence-corrected chi connectivity index (χ0v) is 19.0. The van der Waals surface area contributed by atoms with Crippen LogP contribution in [0.3, 0.4) is 0 Å². The van der Waals surface area contributed by atoms with E-state index in [1.54, 1.807) is 0 Å². The van der Waals surface area contributed by atoms with Crippen LogP contribution in [-0.4, -0.2) is 42.8 Å². The molecule has 1 aliphatic carbocycles. The molecule has 33 heavy (non-hydrogen) atoms. The Bertz CT molecular complexity index is 1000. The van der Waals surface area contributed by atoms with E-state index in [9.17, 15) is 14.4 Å². The predicted molar refractivity (Wildman–Crippen MR) is 126 cm³/mol. The van der Waals surface area contributed by atoms with Crippen LogP contribution in [0.4, 0.5) is 4.79 Å². The maximum atomic E-state index is 12.3. The Kier molecular flexibility index (Phi) is 8.24. The largest absolute Gasteiger partial charge is 0.478 e. The van der Waals surface area contributed by atoms with E-state index in [0.29, 0.717) is 19.4 Å². The van der Waals surface area contributed by atoms with Crippen LogP contribution in [0.5, 0.6) is 0 Å². The molecule has 3 N–H and O–H groups in total. The minimum atomic E-state index is -1.00. The average molecular weight is 451 g/mol. The van der Waals surface area contributed by atoms with Gasteiger partial charge in [0.2, 0.25) is 5.91 Å². The maximum absolute atomic E-state index is 12.3. The van der Waals surface area contributed by atoms with Gasteiger partial charge in [0, 0.05) is 31.0 Å². The maximum Gasteiger partial charge on any atom is 0.407 e. The zero-order chi connectivity index (χ0) is 23.8. The Morgan fingerprint density at radius 3 is 2.24 bits per heavy atom. The number of amides is 2. The number of rotatable bonds is 10. The molecule has 174 valence electrons. The smallest absolute Gasteiger partial charge is 0.407 e. The molecule has 0 saturated carbocycles. The zero-order valence-electron chi connectivity index (χ0n) is 19.0. The Morgan fingerprint density at radius 1 is 1.03 bits per heavy atom. The van der Waals surface area contributed by atoms with Gasteiger partial charge in [0.15, 0.2) is 0 Å². The molecule has 0 bridgehead atoms. The van der Waals surface area contributed by atoms with Crippen LogP contribution in [-0.2, 0) is 14.3 Å². The lowest BCUT2D eigenvalue weighted by Crippen LogP contribution is -2.31. The van der Waals surface area contributed by atoms with E-state index in [1.807, 2.05) is 31.2 Å². The molecule has 1 unspecified atom stereocenters. The summed E-state index contributed by atoms with van der Waals surface area (Å²) < 4.78 is 5.53. The molecule has 0 spiro atoms. The Labute approximate surface area is 193 Å². The van der Waals surface area contributed by atoms with Gasteiger partial charge in [-0.05, 0) is 41.5 Å². The highest BCUT2D eigenvalue weighted by Gasteiger charge is 2.29. The summed E-state index contributed by atoms with van der Waals surface area (Å²) in [6.45, 7) is 4.28. The minimum absolute atomic E-state index is 0.0167. The molecule has 0 saturated heterocycles. The lowest BCUT2D eigenvalue weighted by molar-refractivity contribution is -0.132. The van der Waals surface area contributed by atoms with Gasteiger partial charge in [0.25, 0.3) is 0 Å². The normalized spacial score (nSPS) is 13.6. The number of ether oxygens (including phenoxy) is 1. The van der Waals surface area contributed by atoms with E-state index in [0.717, 1.165) is 0 Å². The second-order valence-corrected chi connectivity index (χ2v) is 8.35. The molecule has 1 atom stereocenters. The van der Waals surface area contributed by atoms with Gasteiger partial charge >= 0.3 is 12.1 Å². The fourth-order valence-electron chi connectivity index (χ4n) is 3.88. The standard InChI is InChI=1S/C26H30N2O5/c1-17(11-12-24(29)27-14-13-18(2)25(30)31)15-28-26(32)33-16-23-21-9-5-3-7-19(21)20-8-4-6-10-22(20)23/h3-10,13,17,23H,11-12,14-16H2,1-2H3,(H,27,29)(H,28,32)(H,30,31)/b18-13+. The van der Waals surface area contributed by atoms with Crippen LogP contribution in [0.15, 0.2) is 60.2 Å². The molecule has 0 radical (unpaired) electrons. The summed E-state index contributed by atoms with van der Waals surface area (Å²) in [5, 5.41) is 14.2. The van der Waals surface area contributed by atoms with Crippen LogP contribution in [0.2, 0.25) is 0 Å². The van der Waals surface area contributed by atoms with E-state index >= 15 is 0 Å². The van der Waals surface area contributed by atoms with Crippen molar-refractivity contribution in [2.45, 2.75) is 32.6 Å². The van der Waals surface area contributed by atoms with Crippen LogP contribution in [0.25, 0.3) is 11.1 Å². The summed E-state index contributed by atoms with van der Waals surface area (Å²) in [5.41, 5.74) is 4.89. The molecular weight excluding hydrogens is 420 g/mol.